The highest BCUT2D eigenvalue weighted by atomic mass is 35.5. The van der Waals surface area contributed by atoms with Crippen LogP contribution >= 0.6 is 23.1 Å². The summed E-state index contributed by atoms with van der Waals surface area (Å²) in [5.74, 6) is 0. The first kappa shape index (κ1) is 19.9. The van der Waals surface area contributed by atoms with Gasteiger partial charge in [-0.05, 0) is 49.2 Å². The second kappa shape index (κ2) is 8.81. The van der Waals surface area contributed by atoms with E-state index in [1.165, 1.54) is 0 Å². The fourth-order valence-electron chi connectivity index (χ4n) is 2.87. The molecular weight excluding hydrogens is 356 g/mol. The van der Waals surface area contributed by atoms with Crippen LogP contribution in [0.5, 0.6) is 0 Å². The van der Waals surface area contributed by atoms with Gasteiger partial charge >= 0.3 is 0 Å². The van der Waals surface area contributed by atoms with Gasteiger partial charge in [0.25, 0.3) is 0 Å². The number of hydrogen-bond donors (Lipinski definition) is 1. The number of fused-ring (bicyclic) bond motifs is 2. The number of nitrogens with one attached hydrogen (secondary N) is 1. The number of likely N-dealkylation sites (N-methyl/N-ethyl adjacent to an activating group) is 1. The van der Waals surface area contributed by atoms with Gasteiger partial charge in [0.2, 0.25) is 5.43 Å². The summed E-state index contributed by atoms with van der Waals surface area (Å²) in [7, 11) is -0.413. The lowest BCUT2D eigenvalue weighted by molar-refractivity contribution is 0.310. The molecule has 0 spiro atoms. The van der Waals surface area contributed by atoms with E-state index in [-0.39, 0.29) is 17.8 Å². The zero-order chi connectivity index (χ0) is 17.1. The summed E-state index contributed by atoms with van der Waals surface area (Å²) in [6.07, 6.45) is 2.05. The average Bonchev–Trinajstić information content (AvgIpc) is 2.61. The summed E-state index contributed by atoms with van der Waals surface area (Å²) in [6, 6.07) is 7.47. The van der Waals surface area contributed by atoms with Crippen molar-refractivity contribution < 1.29 is 4.42 Å². The first-order chi connectivity index (χ1) is 11.7. The molecule has 0 radical (unpaired) electrons. The maximum absolute atomic E-state index is 13.0. The molecule has 0 amide bonds. The highest BCUT2D eigenvalue weighted by Gasteiger charge is 2.11. The molecule has 0 saturated carbocycles. The molecule has 1 atom stereocenters. The number of halogens is 1. The lowest BCUT2D eigenvalue weighted by Gasteiger charge is -2.19. The van der Waals surface area contributed by atoms with Crippen molar-refractivity contribution in [3.63, 3.8) is 0 Å². The van der Waals surface area contributed by atoms with Gasteiger partial charge in [0.05, 0.1) is 5.39 Å². The monoisotopic (exact) mass is 380 g/mol. The Morgan fingerprint density at radius 2 is 1.92 bits per heavy atom. The molecule has 0 bridgehead atoms. The number of allylic oxidation sites excluding steroid dienone is 1. The van der Waals surface area contributed by atoms with E-state index < -0.39 is 10.7 Å². The minimum atomic E-state index is -0.413. The Bertz CT molecular complexity index is 962. The van der Waals surface area contributed by atoms with Gasteiger partial charge < -0.3 is 9.32 Å². The van der Waals surface area contributed by atoms with Crippen LogP contribution in [0.4, 0.5) is 0 Å². The maximum Gasteiger partial charge on any atom is 0.207 e. The van der Waals surface area contributed by atoms with Crippen molar-refractivity contribution in [2.45, 2.75) is 20.8 Å². The van der Waals surface area contributed by atoms with Gasteiger partial charge in [-0.1, -0.05) is 36.7 Å². The van der Waals surface area contributed by atoms with E-state index in [0.29, 0.717) is 11.0 Å². The van der Waals surface area contributed by atoms with Crippen LogP contribution in [0.1, 0.15) is 20.8 Å². The molecule has 1 aliphatic rings. The predicted octanol–water partition coefficient (Wildman–Crippen LogP) is 3.28. The predicted molar refractivity (Wildman–Crippen MR) is 110 cm³/mol. The molecule has 25 heavy (non-hydrogen) atoms. The van der Waals surface area contributed by atoms with Crippen LogP contribution in [0.15, 0.2) is 45.0 Å². The zero-order valence-electron chi connectivity index (χ0n) is 14.9. The minimum Gasteiger partial charge on any atom is -0.455 e. The quantitative estimate of drug-likeness (QED) is 0.781. The molecule has 0 aliphatic carbocycles. The van der Waals surface area contributed by atoms with Crippen molar-refractivity contribution in [3.8, 4) is 0 Å². The molecule has 136 valence electrons. The average molecular weight is 381 g/mol. The Balaban J connectivity index is 0.00000225. The minimum absolute atomic E-state index is 0. The first-order valence-electron chi connectivity index (χ1n) is 8.42. The number of hydrogen-bond acceptors (Lipinski definition) is 4. The van der Waals surface area contributed by atoms with Gasteiger partial charge in [0.15, 0.2) is 0 Å². The van der Waals surface area contributed by atoms with E-state index >= 15 is 0 Å². The van der Waals surface area contributed by atoms with Crippen LogP contribution in [-0.2, 0) is 0 Å². The third kappa shape index (κ3) is 4.06. The van der Waals surface area contributed by atoms with Crippen molar-refractivity contribution in [2.24, 2.45) is 0 Å². The van der Waals surface area contributed by atoms with Crippen molar-refractivity contribution >= 4 is 39.6 Å². The van der Waals surface area contributed by atoms with Gasteiger partial charge in [-0.15, -0.1) is 12.4 Å². The third-order valence-electron chi connectivity index (χ3n) is 4.37. The Labute approximate surface area is 156 Å². The molecule has 4 nitrogen and oxygen atoms in total. The van der Waals surface area contributed by atoms with Crippen LogP contribution < -0.4 is 15.6 Å². The Hall–Kier alpha value is -1.40. The largest absolute Gasteiger partial charge is 0.455 e. The molecule has 6 heteroatoms. The Morgan fingerprint density at radius 1 is 1.20 bits per heavy atom. The number of para-hydroxylation sites is 1. The van der Waals surface area contributed by atoms with E-state index in [9.17, 15) is 4.79 Å². The van der Waals surface area contributed by atoms with E-state index in [2.05, 4.69) is 28.9 Å². The van der Waals surface area contributed by atoms with Crippen LogP contribution in [0.3, 0.4) is 0 Å². The summed E-state index contributed by atoms with van der Waals surface area (Å²) in [5.41, 5.74) is 2.46. The highest BCUT2D eigenvalue weighted by Crippen LogP contribution is 2.19. The number of benzene rings is 1. The van der Waals surface area contributed by atoms with Gasteiger partial charge in [-0.25, -0.2) is 0 Å². The van der Waals surface area contributed by atoms with Crippen molar-refractivity contribution in [1.29, 1.82) is 0 Å². The van der Waals surface area contributed by atoms with Crippen LogP contribution in [0.25, 0.3) is 16.5 Å². The van der Waals surface area contributed by atoms with Crippen molar-refractivity contribution in [2.75, 3.05) is 26.2 Å². The molecule has 3 rings (SSSR count). The van der Waals surface area contributed by atoms with E-state index in [1.807, 2.05) is 37.3 Å². The Morgan fingerprint density at radius 3 is 2.64 bits per heavy atom. The summed E-state index contributed by atoms with van der Waals surface area (Å²) in [4.78, 5) is 15.4. The molecule has 1 aromatic heterocycles. The third-order valence-corrected chi connectivity index (χ3v) is 6.10. The van der Waals surface area contributed by atoms with Crippen LogP contribution in [0.2, 0.25) is 0 Å². The lowest BCUT2D eigenvalue weighted by atomic mass is 10.2. The van der Waals surface area contributed by atoms with Crippen molar-refractivity contribution in [3.05, 3.63) is 55.9 Å². The van der Waals surface area contributed by atoms with Crippen LogP contribution in [-0.4, -0.2) is 31.1 Å². The molecule has 2 heterocycles. The number of rotatable bonds is 6. The standard InChI is InChI=1S/C19H24N2O2S.ClH/c1-4-21(5-2)12-11-20-24-13-10-14(3)18-19(24)17(22)15-8-6-7-9-16(15)23-18;/h6-10,13,20H,4-5,11-12H2,1-3H3;1H. The first-order valence-corrected chi connectivity index (χ1v) is 9.71. The van der Waals surface area contributed by atoms with Gasteiger partial charge in [-0.3, -0.25) is 9.52 Å². The lowest BCUT2D eigenvalue weighted by Crippen LogP contribution is -2.31. The van der Waals surface area contributed by atoms with Crippen molar-refractivity contribution in [1.82, 2.24) is 9.62 Å². The maximum atomic E-state index is 13.0. The molecule has 2 aromatic rings. The summed E-state index contributed by atoms with van der Waals surface area (Å²) in [5, 5.41) is 2.74. The number of nitrogens with zero attached hydrogens (tertiary/aromatic N) is 1. The second-order valence-electron chi connectivity index (χ2n) is 5.83. The van der Waals surface area contributed by atoms with Gasteiger partial charge in [-0.2, -0.15) is 0 Å². The van der Waals surface area contributed by atoms with E-state index in [1.54, 1.807) is 0 Å². The molecular formula is C19H25ClN2O2S. The normalized spacial score (nSPS) is 16.2. The highest BCUT2D eigenvalue weighted by molar-refractivity contribution is 8.10. The topological polar surface area (TPSA) is 45.5 Å². The molecule has 1 aromatic carbocycles. The molecule has 0 fully saturated rings. The van der Waals surface area contributed by atoms with Gasteiger partial charge in [0.1, 0.15) is 15.5 Å². The Kier molecular flexibility index (Phi) is 7.02. The molecule has 0 saturated heterocycles. The zero-order valence-corrected chi connectivity index (χ0v) is 16.5. The SMILES string of the molecule is CCN(CC)CCNS1=c2c(oc3ccccc3c2=O)=C(C)C=C1.Cl. The second-order valence-corrected chi connectivity index (χ2v) is 7.47. The van der Waals surface area contributed by atoms with E-state index in [0.717, 1.165) is 41.7 Å². The molecule has 1 aliphatic heterocycles. The summed E-state index contributed by atoms with van der Waals surface area (Å²) < 4.78 is 10.3. The summed E-state index contributed by atoms with van der Waals surface area (Å²) >= 11 is 0. The molecule has 1 N–H and O–H groups in total. The fraction of sp³-hybridized carbons (Fsp3) is 0.368. The van der Waals surface area contributed by atoms with E-state index in [4.69, 9.17) is 4.42 Å². The van der Waals surface area contributed by atoms with Gasteiger partial charge in [0, 0.05) is 13.1 Å². The molecule has 1 unspecified atom stereocenters. The van der Waals surface area contributed by atoms with Crippen LogP contribution in [0, 0.1) is 4.51 Å². The summed E-state index contributed by atoms with van der Waals surface area (Å²) in [6.45, 7) is 10.2. The fourth-order valence-corrected chi connectivity index (χ4v) is 4.61. The smallest absolute Gasteiger partial charge is 0.207 e.